The molecule has 0 saturated carbocycles. The first kappa shape index (κ1) is 19.1. The minimum Gasteiger partial charge on any atom is -0.481 e. The van der Waals surface area contributed by atoms with Gasteiger partial charge in [-0.15, -0.1) is 0 Å². The molecule has 5 atom stereocenters. The topological polar surface area (TPSA) is 180 Å². The van der Waals surface area contributed by atoms with E-state index in [0.717, 1.165) is 6.21 Å². The molecule has 0 aromatic carbocycles. The molecule has 11 heteroatoms. The molecule has 1 saturated heterocycles. The summed E-state index contributed by atoms with van der Waals surface area (Å²) >= 11 is 0. The van der Waals surface area contributed by atoms with Crippen molar-refractivity contribution in [3.8, 4) is 0 Å². The van der Waals surface area contributed by atoms with Gasteiger partial charge in [0.2, 0.25) is 0 Å². The highest BCUT2D eigenvalue weighted by molar-refractivity contribution is 5.81. The van der Waals surface area contributed by atoms with E-state index >= 15 is 0 Å². The summed E-state index contributed by atoms with van der Waals surface area (Å²) in [7, 11) is 0. The third-order valence-corrected chi connectivity index (χ3v) is 5.16. The van der Waals surface area contributed by atoms with E-state index in [4.69, 9.17) is 21.0 Å². The van der Waals surface area contributed by atoms with Gasteiger partial charge >= 0.3 is 5.97 Å². The molecule has 0 spiro atoms. The first-order valence-corrected chi connectivity index (χ1v) is 8.49. The first-order valence-electron chi connectivity index (χ1n) is 8.49. The summed E-state index contributed by atoms with van der Waals surface area (Å²) in [6.07, 6.45) is 0.178. The molecule has 2 aromatic heterocycles. The Labute approximate surface area is 154 Å². The van der Waals surface area contributed by atoms with Crippen molar-refractivity contribution >= 4 is 29.2 Å². The zero-order valence-corrected chi connectivity index (χ0v) is 14.7. The minimum atomic E-state index is -1.33. The number of fused-ring (bicyclic) bond motifs is 1. The molecular formula is C16H22N6O5. The molecule has 3 heterocycles. The lowest BCUT2D eigenvalue weighted by molar-refractivity contribution is -0.142. The second-order valence-corrected chi connectivity index (χ2v) is 6.72. The van der Waals surface area contributed by atoms with Crippen LogP contribution in [0.1, 0.15) is 32.4 Å². The molecule has 0 amide bonds. The van der Waals surface area contributed by atoms with E-state index in [1.807, 2.05) is 0 Å². The van der Waals surface area contributed by atoms with E-state index in [1.54, 1.807) is 6.92 Å². The lowest BCUT2D eigenvalue weighted by Crippen LogP contribution is -2.48. The number of aromatic nitrogens is 4. The number of imidazole rings is 1. The number of hydrogen-bond donors (Lipinski definition) is 5. The third-order valence-electron chi connectivity index (χ3n) is 5.16. The Morgan fingerprint density at radius 3 is 2.89 bits per heavy atom. The number of anilines is 1. The van der Waals surface area contributed by atoms with Crippen LogP contribution in [0, 0.1) is 11.3 Å². The van der Waals surface area contributed by atoms with Crippen LogP contribution in [0.3, 0.4) is 0 Å². The molecule has 2 aromatic rings. The SMILES string of the molecule is CC(CCC(=O)O)[C@]1(CC=N)O[C@@H](n2cnc3c(N)ncnc32)[C@H](O)[C@@H]1O. The normalized spacial score (nSPS) is 29.1. The number of aliphatic carboxylic acids is 1. The average molecular weight is 378 g/mol. The number of aliphatic hydroxyl groups excluding tert-OH is 2. The van der Waals surface area contributed by atoms with Crippen molar-refractivity contribution in [2.24, 2.45) is 5.92 Å². The highest BCUT2D eigenvalue weighted by atomic mass is 16.6. The predicted molar refractivity (Wildman–Crippen MR) is 94.0 cm³/mol. The molecule has 0 aliphatic carbocycles. The minimum absolute atomic E-state index is 0.0201. The summed E-state index contributed by atoms with van der Waals surface area (Å²) in [5.41, 5.74) is 5.15. The summed E-state index contributed by atoms with van der Waals surface area (Å²) in [5.74, 6) is -1.23. The van der Waals surface area contributed by atoms with Crippen LogP contribution in [0.4, 0.5) is 5.82 Å². The molecule has 1 fully saturated rings. The second kappa shape index (κ2) is 7.18. The van der Waals surface area contributed by atoms with Crippen molar-refractivity contribution in [2.75, 3.05) is 5.73 Å². The Hall–Kier alpha value is -2.63. The number of rotatable bonds is 7. The van der Waals surface area contributed by atoms with Crippen molar-refractivity contribution in [1.29, 1.82) is 5.41 Å². The third kappa shape index (κ3) is 3.13. The van der Waals surface area contributed by atoms with Crippen LogP contribution >= 0.6 is 0 Å². The summed E-state index contributed by atoms with van der Waals surface area (Å²) < 4.78 is 7.53. The van der Waals surface area contributed by atoms with E-state index in [0.29, 0.717) is 11.2 Å². The fourth-order valence-electron chi connectivity index (χ4n) is 3.61. The van der Waals surface area contributed by atoms with Gasteiger partial charge in [0.05, 0.1) is 6.33 Å². The zero-order chi connectivity index (χ0) is 19.8. The number of carbonyl (C=O) groups is 1. The Morgan fingerprint density at radius 1 is 1.48 bits per heavy atom. The quantitative estimate of drug-likeness (QED) is 0.412. The summed E-state index contributed by atoms with van der Waals surface area (Å²) in [6.45, 7) is 1.73. The maximum atomic E-state index is 10.9. The van der Waals surface area contributed by atoms with Crippen molar-refractivity contribution in [3.05, 3.63) is 12.7 Å². The average Bonchev–Trinajstić information content (AvgIpc) is 3.16. The number of nitrogens with zero attached hydrogens (tertiary/aromatic N) is 4. The first-order chi connectivity index (χ1) is 12.8. The van der Waals surface area contributed by atoms with Gasteiger partial charge in [-0.05, 0) is 18.6 Å². The lowest BCUT2D eigenvalue weighted by atomic mass is 9.78. The number of aliphatic hydroxyl groups is 2. The van der Waals surface area contributed by atoms with Gasteiger partial charge in [-0.25, -0.2) is 15.0 Å². The maximum Gasteiger partial charge on any atom is 0.303 e. The molecule has 1 aliphatic heterocycles. The lowest BCUT2D eigenvalue weighted by Gasteiger charge is -2.36. The molecule has 1 unspecified atom stereocenters. The fraction of sp³-hybridized carbons (Fsp3) is 0.562. The van der Waals surface area contributed by atoms with E-state index in [-0.39, 0.29) is 25.1 Å². The number of carboxylic acids is 1. The Kier molecular flexibility index (Phi) is 5.09. The van der Waals surface area contributed by atoms with Gasteiger partial charge in [0.1, 0.15) is 29.7 Å². The fourth-order valence-corrected chi connectivity index (χ4v) is 3.61. The van der Waals surface area contributed by atoms with Gasteiger partial charge in [0.15, 0.2) is 17.7 Å². The van der Waals surface area contributed by atoms with E-state index in [1.165, 1.54) is 17.2 Å². The maximum absolute atomic E-state index is 10.9. The number of nitrogens with two attached hydrogens (primary N) is 1. The summed E-state index contributed by atoms with van der Waals surface area (Å²) in [6, 6.07) is 0. The molecule has 0 radical (unpaired) electrons. The molecule has 11 nitrogen and oxygen atoms in total. The van der Waals surface area contributed by atoms with Gasteiger partial charge < -0.3 is 31.2 Å². The van der Waals surface area contributed by atoms with Crippen molar-refractivity contribution in [3.63, 3.8) is 0 Å². The van der Waals surface area contributed by atoms with Crippen LogP contribution in [0.15, 0.2) is 12.7 Å². The Morgan fingerprint density at radius 2 is 2.22 bits per heavy atom. The van der Waals surface area contributed by atoms with Crippen molar-refractivity contribution < 1.29 is 24.9 Å². The highest BCUT2D eigenvalue weighted by Crippen LogP contribution is 2.45. The molecule has 1 aliphatic rings. The Bertz CT molecular complexity index is 857. The van der Waals surface area contributed by atoms with Crippen LogP contribution in [0.25, 0.3) is 11.2 Å². The smallest absolute Gasteiger partial charge is 0.303 e. The molecule has 3 rings (SSSR count). The number of hydrogen-bond acceptors (Lipinski definition) is 9. The predicted octanol–water partition coefficient (Wildman–Crippen LogP) is -0.0615. The van der Waals surface area contributed by atoms with Crippen LogP contribution in [0.5, 0.6) is 0 Å². The molecule has 0 bridgehead atoms. The summed E-state index contributed by atoms with van der Waals surface area (Å²) in [4.78, 5) is 23.0. The number of carboxylic acid groups (broad SMARTS) is 1. The van der Waals surface area contributed by atoms with Gasteiger partial charge in [0, 0.05) is 12.8 Å². The molecular weight excluding hydrogens is 356 g/mol. The standard InChI is InChI=1S/C16H22N6O5/c1-8(2-3-9(23)24)16(4-5-17)12(26)11(25)15(27-16)22-7-21-10-13(18)19-6-20-14(10)22/h5-8,11-12,15,17,25-26H,2-4H2,1H3,(H,23,24)(H2,18,19,20)/t8?,11-,12+,15-,16+/m1/s1. The van der Waals surface area contributed by atoms with Crippen LogP contribution in [-0.4, -0.2) is 64.8 Å². The monoisotopic (exact) mass is 378 g/mol. The largest absolute Gasteiger partial charge is 0.481 e. The molecule has 6 N–H and O–H groups in total. The molecule has 146 valence electrons. The van der Waals surface area contributed by atoms with E-state index < -0.39 is 35.9 Å². The van der Waals surface area contributed by atoms with Crippen LogP contribution in [0.2, 0.25) is 0 Å². The number of nitrogen functional groups attached to an aromatic ring is 1. The van der Waals surface area contributed by atoms with Gasteiger partial charge in [-0.2, -0.15) is 0 Å². The number of ether oxygens (including phenoxy) is 1. The van der Waals surface area contributed by atoms with Gasteiger partial charge in [0.25, 0.3) is 0 Å². The highest BCUT2D eigenvalue weighted by Gasteiger charge is 2.57. The van der Waals surface area contributed by atoms with E-state index in [2.05, 4.69) is 15.0 Å². The van der Waals surface area contributed by atoms with Crippen molar-refractivity contribution in [1.82, 2.24) is 19.5 Å². The molecule has 27 heavy (non-hydrogen) atoms. The van der Waals surface area contributed by atoms with Crippen LogP contribution < -0.4 is 5.73 Å². The number of nitrogens with one attached hydrogen (secondary N) is 1. The Balaban J connectivity index is 1.98. The van der Waals surface area contributed by atoms with Gasteiger partial charge in [-0.3, -0.25) is 9.36 Å². The van der Waals surface area contributed by atoms with Gasteiger partial charge in [-0.1, -0.05) is 6.92 Å². The zero-order valence-electron chi connectivity index (χ0n) is 14.7. The summed E-state index contributed by atoms with van der Waals surface area (Å²) in [5, 5.41) is 37.8. The second-order valence-electron chi connectivity index (χ2n) is 6.72. The van der Waals surface area contributed by atoms with Crippen molar-refractivity contribution in [2.45, 2.75) is 50.2 Å². The van der Waals surface area contributed by atoms with Crippen LogP contribution in [-0.2, 0) is 9.53 Å². The van der Waals surface area contributed by atoms with E-state index in [9.17, 15) is 15.0 Å².